The van der Waals surface area contributed by atoms with E-state index < -0.39 is 5.91 Å². The Kier molecular flexibility index (Phi) is 3.41. The summed E-state index contributed by atoms with van der Waals surface area (Å²) >= 11 is 0. The number of nitrogens with one attached hydrogen (secondary N) is 1. The van der Waals surface area contributed by atoms with E-state index in [2.05, 4.69) is 10.4 Å². The molecular formula is C13H17N5O. The first-order valence-electron chi connectivity index (χ1n) is 5.89. The third-order valence-electron chi connectivity index (χ3n) is 2.89. The van der Waals surface area contributed by atoms with E-state index in [0.717, 1.165) is 11.3 Å². The number of hydrogen-bond donors (Lipinski definition) is 3. The fourth-order valence-corrected chi connectivity index (χ4v) is 1.94. The van der Waals surface area contributed by atoms with Gasteiger partial charge in [-0.2, -0.15) is 5.10 Å². The number of carbonyl (C=O) groups excluding carboxylic acids is 1. The predicted molar refractivity (Wildman–Crippen MR) is 74.6 cm³/mol. The van der Waals surface area contributed by atoms with Gasteiger partial charge in [-0.3, -0.25) is 9.48 Å². The lowest BCUT2D eigenvalue weighted by Gasteiger charge is -2.10. The number of anilines is 2. The van der Waals surface area contributed by atoms with Crippen LogP contribution < -0.4 is 16.8 Å². The largest absolute Gasteiger partial charge is 0.399 e. The molecule has 100 valence electrons. The number of aryl methyl sites for hydroxylation is 2. The Bertz CT molecular complexity index is 617. The van der Waals surface area contributed by atoms with E-state index in [9.17, 15) is 4.79 Å². The average molecular weight is 259 g/mol. The minimum atomic E-state index is -0.481. The van der Waals surface area contributed by atoms with Crippen molar-refractivity contribution in [3.8, 4) is 0 Å². The van der Waals surface area contributed by atoms with Crippen LogP contribution in [0.3, 0.4) is 0 Å². The molecule has 6 nitrogen and oxygen atoms in total. The first kappa shape index (κ1) is 12.9. The highest BCUT2D eigenvalue weighted by molar-refractivity contribution is 5.99. The Morgan fingerprint density at radius 3 is 2.79 bits per heavy atom. The minimum Gasteiger partial charge on any atom is -0.399 e. The van der Waals surface area contributed by atoms with Crippen LogP contribution in [0.1, 0.15) is 21.6 Å². The number of nitrogens with two attached hydrogens (primary N) is 2. The maximum atomic E-state index is 11.3. The van der Waals surface area contributed by atoms with E-state index in [4.69, 9.17) is 11.5 Å². The second kappa shape index (κ2) is 5.01. The van der Waals surface area contributed by atoms with Gasteiger partial charge in [0.25, 0.3) is 5.91 Å². The molecule has 0 fully saturated rings. The molecule has 1 aromatic heterocycles. The quantitative estimate of drug-likeness (QED) is 0.714. The summed E-state index contributed by atoms with van der Waals surface area (Å²) in [6, 6.07) is 4.97. The van der Waals surface area contributed by atoms with Crippen molar-refractivity contribution in [1.29, 1.82) is 0 Å². The molecule has 0 saturated heterocycles. The second-order valence-corrected chi connectivity index (χ2v) is 4.44. The SMILES string of the molecule is Cc1nn(C)cc1CNc1cc(N)ccc1C(N)=O. The smallest absolute Gasteiger partial charge is 0.250 e. The molecule has 0 atom stereocenters. The number of nitrogen functional groups attached to an aromatic ring is 1. The summed E-state index contributed by atoms with van der Waals surface area (Å²) in [5, 5.41) is 7.43. The molecule has 0 aliphatic carbocycles. The molecule has 2 aromatic rings. The van der Waals surface area contributed by atoms with Gasteiger partial charge in [0.05, 0.1) is 11.3 Å². The van der Waals surface area contributed by atoms with Crippen LogP contribution in [0.5, 0.6) is 0 Å². The summed E-state index contributed by atoms with van der Waals surface area (Å²) in [5.41, 5.74) is 14.7. The zero-order chi connectivity index (χ0) is 14.0. The van der Waals surface area contributed by atoms with E-state index in [-0.39, 0.29) is 0 Å². The summed E-state index contributed by atoms with van der Waals surface area (Å²) < 4.78 is 1.75. The van der Waals surface area contributed by atoms with Gasteiger partial charge < -0.3 is 16.8 Å². The summed E-state index contributed by atoms with van der Waals surface area (Å²) in [7, 11) is 1.87. The van der Waals surface area contributed by atoms with E-state index in [1.807, 2.05) is 20.2 Å². The van der Waals surface area contributed by atoms with Gasteiger partial charge in [0.2, 0.25) is 0 Å². The third kappa shape index (κ3) is 2.85. The van der Waals surface area contributed by atoms with Crippen LogP contribution in [-0.4, -0.2) is 15.7 Å². The van der Waals surface area contributed by atoms with Gasteiger partial charge in [-0.15, -0.1) is 0 Å². The van der Waals surface area contributed by atoms with Gasteiger partial charge >= 0.3 is 0 Å². The Morgan fingerprint density at radius 2 is 2.21 bits per heavy atom. The number of hydrogen-bond acceptors (Lipinski definition) is 4. The highest BCUT2D eigenvalue weighted by Gasteiger charge is 2.09. The molecule has 0 aliphatic heterocycles. The maximum Gasteiger partial charge on any atom is 0.250 e. The molecule has 0 radical (unpaired) electrons. The topological polar surface area (TPSA) is 99.0 Å². The fourth-order valence-electron chi connectivity index (χ4n) is 1.94. The van der Waals surface area contributed by atoms with Crippen molar-refractivity contribution in [2.45, 2.75) is 13.5 Å². The van der Waals surface area contributed by atoms with E-state index in [1.54, 1.807) is 22.9 Å². The Labute approximate surface area is 111 Å². The summed E-state index contributed by atoms with van der Waals surface area (Å²) in [5.74, 6) is -0.481. The van der Waals surface area contributed by atoms with Gasteiger partial charge in [-0.1, -0.05) is 0 Å². The summed E-state index contributed by atoms with van der Waals surface area (Å²) in [4.78, 5) is 11.3. The number of nitrogens with zero attached hydrogens (tertiary/aromatic N) is 2. The number of primary amides is 1. The van der Waals surface area contributed by atoms with E-state index in [0.29, 0.717) is 23.5 Å². The van der Waals surface area contributed by atoms with Crippen LogP contribution in [0.25, 0.3) is 0 Å². The minimum absolute atomic E-state index is 0.427. The first-order valence-corrected chi connectivity index (χ1v) is 5.89. The van der Waals surface area contributed by atoms with Crippen LogP contribution in [0, 0.1) is 6.92 Å². The molecular weight excluding hydrogens is 242 g/mol. The molecule has 0 unspecified atom stereocenters. The molecule has 1 heterocycles. The number of rotatable bonds is 4. The molecule has 0 bridgehead atoms. The lowest BCUT2D eigenvalue weighted by molar-refractivity contribution is 0.100. The van der Waals surface area contributed by atoms with Gasteiger partial charge in [0, 0.05) is 36.7 Å². The normalized spacial score (nSPS) is 10.4. The van der Waals surface area contributed by atoms with E-state index in [1.165, 1.54) is 0 Å². The Morgan fingerprint density at radius 1 is 1.47 bits per heavy atom. The molecule has 2 rings (SSSR count). The number of amides is 1. The average Bonchev–Trinajstić information content (AvgIpc) is 2.65. The van der Waals surface area contributed by atoms with Crippen molar-refractivity contribution in [3.63, 3.8) is 0 Å². The van der Waals surface area contributed by atoms with Crippen molar-refractivity contribution in [2.24, 2.45) is 12.8 Å². The van der Waals surface area contributed by atoms with Gasteiger partial charge in [0.15, 0.2) is 0 Å². The molecule has 5 N–H and O–H groups in total. The highest BCUT2D eigenvalue weighted by Crippen LogP contribution is 2.20. The first-order chi connectivity index (χ1) is 8.97. The standard InChI is InChI=1S/C13H17N5O/c1-8-9(7-18(2)17-8)6-16-12-5-10(14)3-4-11(12)13(15)19/h3-5,7,16H,6,14H2,1-2H3,(H2,15,19). The van der Waals surface area contributed by atoms with Crippen LogP contribution in [0.2, 0.25) is 0 Å². The van der Waals surface area contributed by atoms with E-state index >= 15 is 0 Å². The van der Waals surface area contributed by atoms with Crippen LogP contribution in [0.4, 0.5) is 11.4 Å². The number of carbonyl (C=O) groups is 1. The monoisotopic (exact) mass is 259 g/mol. The molecule has 0 spiro atoms. The van der Waals surface area contributed by atoms with Crippen molar-refractivity contribution in [1.82, 2.24) is 9.78 Å². The Hall–Kier alpha value is -2.50. The summed E-state index contributed by atoms with van der Waals surface area (Å²) in [6.45, 7) is 2.49. The zero-order valence-electron chi connectivity index (χ0n) is 11.0. The summed E-state index contributed by atoms with van der Waals surface area (Å²) in [6.07, 6.45) is 1.93. The second-order valence-electron chi connectivity index (χ2n) is 4.44. The van der Waals surface area contributed by atoms with Crippen molar-refractivity contribution in [2.75, 3.05) is 11.1 Å². The van der Waals surface area contributed by atoms with Crippen LogP contribution in [0.15, 0.2) is 24.4 Å². The maximum absolute atomic E-state index is 11.3. The number of benzene rings is 1. The van der Waals surface area contributed by atoms with Gasteiger partial charge in [0.1, 0.15) is 0 Å². The third-order valence-corrected chi connectivity index (χ3v) is 2.89. The molecule has 1 amide bonds. The molecule has 0 saturated carbocycles. The van der Waals surface area contributed by atoms with Crippen molar-refractivity contribution >= 4 is 17.3 Å². The predicted octanol–water partition coefficient (Wildman–Crippen LogP) is 1.02. The highest BCUT2D eigenvalue weighted by atomic mass is 16.1. The number of aromatic nitrogens is 2. The molecule has 0 aliphatic rings. The van der Waals surface area contributed by atoms with Gasteiger partial charge in [-0.05, 0) is 25.1 Å². The van der Waals surface area contributed by atoms with Crippen LogP contribution in [-0.2, 0) is 13.6 Å². The lowest BCUT2D eigenvalue weighted by Crippen LogP contribution is -2.14. The van der Waals surface area contributed by atoms with Crippen molar-refractivity contribution in [3.05, 3.63) is 41.2 Å². The fraction of sp³-hybridized carbons (Fsp3) is 0.231. The molecule has 6 heteroatoms. The molecule has 19 heavy (non-hydrogen) atoms. The molecule has 1 aromatic carbocycles. The lowest BCUT2D eigenvalue weighted by atomic mass is 10.1. The van der Waals surface area contributed by atoms with Gasteiger partial charge in [-0.25, -0.2) is 0 Å². The van der Waals surface area contributed by atoms with Crippen LogP contribution >= 0.6 is 0 Å². The zero-order valence-corrected chi connectivity index (χ0v) is 11.0. The van der Waals surface area contributed by atoms with Crippen molar-refractivity contribution < 1.29 is 4.79 Å². The Balaban J connectivity index is 2.21.